The second-order valence-corrected chi connectivity index (χ2v) is 7.29. The van der Waals surface area contributed by atoms with Crippen molar-refractivity contribution < 1.29 is 9.21 Å². The minimum atomic E-state index is -0.527. The quantitative estimate of drug-likeness (QED) is 0.896. The van der Waals surface area contributed by atoms with E-state index in [0.29, 0.717) is 24.4 Å². The summed E-state index contributed by atoms with van der Waals surface area (Å²) < 4.78 is 5.55. The molecule has 4 heterocycles. The number of nitrogens with zero attached hydrogens (tertiary/aromatic N) is 2. The lowest BCUT2D eigenvalue weighted by atomic mass is 9.95. The number of pyridine rings is 1. The third-order valence-electron chi connectivity index (χ3n) is 5.31. The van der Waals surface area contributed by atoms with Crippen LogP contribution in [0.3, 0.4) is 0 Å². The van der Waals surface area contributed by atoms with Crippen LogP contribution < -0.4 is 10.9 Å². The highest BCUT2D eigenvalue weighted by atomic mass is 16.4. The normalized spacial score (nSPS) is 19.5. The number of rotatable bonds is 2. The summed E-state index contributed by atoms with van der Waals surface area (Å²) in [5.74, 6) is 0.614. The molecule has 2 aliphatic rings. The first-order valence-electron chi connectivity index (χ1n) is 9.12. The number of hydrogen-bond acceptors (Lipinski definition) is 5. The molecule has 2 aromatic heterocycles. The predicted octanol–water partition coefficient (Wildman–Crippen LogP) is 2.27. The molecule has 4 rings (SSSR count). The van der Waals surface area contributed by atoms with Crippen molar-refractivity contribution in [3.8, 4) is 0 Å². The van der Waals surface area contributed by atoms with Crippen LogP contribution in [0.2, 0.25) is 0 Å². The van der Waals surface area contributed by atoms with Gasteiger partial charge < -0.3 is 14.6 Å². The third kappa shape index (κ3) is 3.05. The second-order valence-electron chi connectivity index (χ2n) is 7.29. The molecule has 1 amide bonds. The average molecular weight is 353 g/mol. The molecule has 6 heteroatoms. The number of piperidine rings is 1. The fourth-order valence-electron chi connectivity index (χ4n) is 3.89. The Morgan fingerprint density at radius 2 is 2.08 bits per heavy atom. The molecule has 0 bridgehead atoms. The lowest BCUT2D eigenvalue weighted by Gasteiger charge is -2.22. The number of amides is 1. The minimum Gasteiger partial charge on any atom is -0.427 e. The number of carbonyl (C=O) groups is 1. The van der Waals surface area contributed by atoms with E-state index >= 15 is 0 Å². The van der Waals surface area contributed by atoms with Crippen LogP contribution in [-0.4, -0.2) is 28.9 Å². The number of nitrogens with one attached hydrogen (secondary N) is 1. The Bertz CT molecular complexity index is 913. The highest BCUT2D eigenvalue weighted by Crippen LogP contribution is 2.26. The molecule has 0 aromatic carbocycles. The van der Waals surface area contributed by atoms with Crippen molar-refractivity contribution in [3.05, 3.63) is 62.5 Å². The molecule has 0 saturated carbocycles. The molecule has 1 N–H and O–H groups in total. The average Bonchev–Trinajstić information content (AvgIpc) is 3.05. The number of aryl methyl sites for hydroxylation is 2. The van der Waals surface area contributed by atoms with Crippen LogP contribution in [0.15, 0.2) is 27.5 Å². The molecule has 1 saturated heterocycles. The van der Waals surface area contributed by atoms with Crippen molar-refractivity contribution >= 4 is 5.91 Å². The summed E-state index contributed by atoms with van der Waals surface area (Å²) in [4.78, 5) is 31.5. The molecule has 6 nitrogen and oxygen atoms in total. The molecule has 2 aliphatic heterocycles. The van der Waals surface area contributed by atoms with Crippen molar-refractivity contribution in [2.24, 2.45) is 0 Å². The van der Waals surface area contributed by atoms with Gasteiger partial charge in [-0.2, -0.15) is 0 Å². The number of hydrogen-bond donors (Lipinski definition) is 1. The van der Waals surface area contributed by atoms with Crippen molar-refractivity contribution in [3.63, 3.8) is 0 Å². The van der Waals surface area contributed by atoms with Gasteiger partial charge in [-0.15, -0.1) is 0 Å². The van der Waals surface area contributed by atoms with Gasteiger partial charge in [0.15, 0.2) is 0 Å². The van der Waals surface area contributed by atoms with Crippen molar-refractivity contribution in [2.75, 3.05) is 13.1 Å². The fraction of sp³-hybridized carbons (Fsp3) is 0.450. The highest BCUT2D eigenvalue weighted by Gasteiger charge is 2.29. The minimum absolute atomic E-state index is 0.148. The van der Waals surface area contributed by atoms with Crippen LogP contribution in [-0.2, 0) is 13.1 Å². The van der Waals surface area contributed by atoms with Gasteiger partial charge in [-0.3, -0.25) is 9.78 Å². The summed E-state index contributed by atoms with van der Waals surface area (Å²) in [5.41, 5.74) is 3.38. The van der Waals surface area contributed by atoms with Crippen LogP contribution in [0.5, 0.6) is 0 Å². The monoisotopic (exact) mass is 353 g/mol. The van der Waals surface area contributed by atoms with Crippen molar-refractivity contribution in [1.82, 2.24) is 15.2 Å². The Labute approximate surface area is 152 Å². The van der Waals surface area contributed by atoms with Crippen LogP contribution in [0.1, 0.15) is 57.3 Å². The van der Waals surface area contributed by atoms with E-state index in [9.17, 15) is 9.59 Å². The Balaban J connectivity index is 1.60. The number of carbonyl (C=O) groups excluding carboxylic acids is 1. The molecular formula is C20H23N3O3. The molecule has 26 heavy (non-hydrogen) atoms. The first-order chi connectivity index (χ1) is 12.5. The number of aromatic nitrogens is 1. The summed E-state index contributed by atoms with van der Waals surface area (Å²) in [7, 11) is 0. The Hall–Kier alpha value is -2.47. The van der Waals surface area contributed by atoms with Gasteiger partial charge in [-0.25, -0.2) is 4.79 Å². The maximum atomic E-state index is 13.0. The van der Waals surface area contributed by atoms with E-state index in [1.807, 2.05) is 32.2 Å². The first kappa shape index (κ1) is 17.0. The Morgan fingerprint density at radius 3 is 2.81 bits per heavy atom. The summed E-state index contributed by atoms with van der Waals surface area (Å²) in [5, 5.41) is 3.33. The Kier molecular flexibility index (Phi) is 4.36. The maximum Gasteiger partial charge on any atom is 0.349 e. The second kappa shape index (κ2) is 6.68. The van der Waals surface area contributed by atoms with Gasteiger partial charge in [-0.1, -0.05) is 0 Å². The van der Waals surface area contributed by atoms with E-state index in [-0.39, 0.29) is 17.4 Å². The standard InChI is InChI=1S/C20H23N3O3/c1-12-6-17(14-4-3-5-21-8-14)26-20(25)18(12)19(24)23-10-15-7-13(2)22-9-16(15)11-23/h6-7,9,14,21H,3-5,8,10-11H2,1-2H3. The van der Waals surface area contributed by atoms with E-state index in [4.69, 9.17) is 4.42 Å². The first-order valence-corrected chi connectivity index (χ1v) is 9.12. The summed E-state index contributed by atoms with van der Waals surface area (Å²) in [6.45, 7) is 6.55. The molecule has 136 valence electrons. The number of fused-ring (bicyclic) bond motifs is 1. The molecular weight excluding hydrogens is 330 g/mol. The van der Waals surface area contributed by atoms with Gasteiger partial charge in [0.25, 0.3) is 5.91 Å². The van der Waals surface area contributed by atoms with E-state index in [2.05, 4.69) is 10.3 Å². The molecule has 1 atom stereocenters. The Morgan fingerprint density at radius 1 is 1.27 bits per heavy atom. The SMILES string of the molecule is Cc1cc2c(cn1)CN(C(=O)c1c(C)cc(C3CCCNC3)oc1=O)C2. The predicted molar refractivity (Wildman–Crippen MR) is 97.1 cm³/mol. The molecule has 0 radical (unpaired) electrons. The lowest BCUT2D eigenvalue weighted by Crippen LogP contribution is -2.32. The third-order valence-corrected chi connectivity index (χ3v) is 5.31. The zero-order valence-electron chi connectivity index (χ0n) is 15.2. The summed E-state index contributed by atoms with van der Waals surface area (Å²) in [6.07, 6.45) is 3.87. The van der Waals surface area contributed by atoms with Gasteiger partial charge in [0, 0.05) is 37.4 Å². The van der Waals surface area contributed by atoms with Gasteiger partial charge >= 0.3 is 5.63 Å². The van der Waals surface area contributed by atoms with Crippen molar-refractivity contribution in [1.29, 1.82) is 0 Å². The fourth-order valence-corrected chi connectivity index (χ4v) is 3.89. The van der Waals surface area contributed by atoms with Crippen LogP contribution in [0.4, 0.5) is 0 Å². The lowest BCUT2D eigenvalue weighted by molar-refractivity contribution is 0.0745. The zero-order chi connectivity index (χ0) is 18.3. The molecule has 0 spiro atoms. The van der Waals surface area contributed by atoms with E-state index in [0.717, 1.165) is 42.8 Å². The van der Waals surface area contributed by atoms with Gasteiger partial charge in [0.2, 0.25) is 0 Å². The molecule has 0 aliphatic carbocycles. The van der Waals surface area contributed by atoms with Gasteiger partial charge in [0.05, 0.1) is 0 Å². The highest BCUT2D eigenvalue weighted by molar-refractivity contribution is 5.95. The molecule has 1 fully saturated rings. The molecule has 2 aromatic rings. The topological polar surface area (TPSA) is 75.4 Å². The van der Waals surface area contributed by atoms with Crippen LogP contribution in [0, 0.1) is 13.8 Å². The summed E-state index contributed by atoms with van der Waals surface area (Å²) in [6, 6.07) is 3.86. The van der Waals surface area contributed by atoms with Crippen molar-refractivity contribution in [2.45, 2.75) is 45.7 Å². The van der Waals surface area contributed by atoms with Gasteiger partial charge in [0.1, 0.15) is 11.3 Å². The summed E-state index contributed by atoms with van der Waals surface area (Å²) >= 11 is 0. The smallest absolute Gasteiger partial charge is 0.349 e. The van der Waals surface area contributed by atoms with Crippen LogP contribution >= 0.6 is 0 Å². The van der Waals surface area contributed by atoms with E-state index < -0.39 is 5.63 Å². The zero-order valence-corrected chi connectivity index (χ0v) is 15.2. The van der Waals surface area contributed by atoms with Crippen LogP contribution in [0.25, 0.3) is 0 Å². The van der Waals surface area contributed by atoms with Gasteiger partial charge in [-0.05, 0) is 62.1 Å². The maximum absolute atomic E-state index is 13.0. The largest absolute Gasteiger partial charge is 0.427 e. The molecule has 1 unspecified atom stereocenters. The van der Waals surface area contributed by atoms with E-state index in [1.165, 1.54) is 0 Å². The van der Waals surface area contributed by atoms with E-state index in [1.54, 1.807) is 4.90 Å².